The molecule has 0 radical (unpaired) electrons. The average molecular weight is 500 g/mol. The molecule has 1 fully saturated rings. The van der Waals surface area contributed by atoms with Gasteiger partial charge >= 0.3 is 0 Å². The minimum Gasteiger partial charge on any atom is -0.454 e. The van der Waals surface area contributed by atoms with Crippen molar-refractivity contribution in [2.45, 2.75) is 31.6 Å². The lowest BCUT2D eigenvalue weighted by Crippen LogP contribution is -2.28. The number of rotatable bonds is 9. The number of fused-ring (bicyclic) bond motifs is 1. The smallest absolute Gasteiger partial charge is 0.251 e. The Morgan fingerprint density at radius 3 is 2.46 bits per heavy atom. The number of anilines is 1. The zero-order chi connectivity index (χ0) is 26.0. The van der Waals surface area contributed by atoms with Crippen molar-refractivity contribution in [2.24, 2.45) is 0 Å². The Labute approximate surface area is 217 Å². The maximum Gasteiger partial charge on any atom is 0.251 e. The summed E-state index contributed by atoms with van der Waals surface area (Å²) in [5, 5.41) is 6.15. The fourth-order valence-corrected chi connectivity index (χ4v) is 4.79. The Kier molecular flexibility index (Phi) is 6.89. The van der Waals surface area contributed by atoms with Crippen molar-refractivity contribution >= 4 is 17.5 Å². The maximum atomic E-state index is 13.4. The molecule has 2 amide bonds. The highest BCUT2D eigenvalue weighted by atomic mass is 16.7. The summed E-state index contributed by atoms with van der Waals surface area (Å²) in [5.74, 6) is 1.34. The zero-order valence-electron chi connectivity index (χ0n) is 21.6. The van der Waals surface area contributed by atoms with Crippen LogP contribution >= 0.6 is 0 Å². The first-order chi connectivity index (χ1) is 17.9. The van der Waals surface area contributed by atoms with E-state index in [0.29, 0.717) is 17.9 Å². The van der Waals surface area contributed by atoms with Crippen LogP contribution in [0.4, 0.5) is 5.69 Å². The molecule has 0 unspecified atom stereocenters. The van der Waals surface area contributed by atoms with Crippen molar-refractivity contribution in [3.8, 4) is 22.6 Å². The van der Waals surface area contributed by atoms with Crippen LogP contribution < -0.4 is 20.1 Å². The standard InChI is InChI=1S/C30H33N3O4/c1-20-24(21-8-10-22(11-9-21)28(34)31-16-5-17-33(2)3)6-4-7-25(20)32-29(35)30(14-15-30)23-12-13-26-27(18-23)37-19-36-26/h4,6-13,18H,5,14-17,19H2,1-3H3,(H,31,34)(H,32,35). The van der Waals surface area contributed by atoms with Gasteiger partial charge in [0.15, 0.2) is 11.5 Å². The third-order valence-electron chi connectivity index (χ3n) is 7.22. The molecule has 2 N–H and O–H groups in total. The van der Waals surface area contributed by atoms with Crippen LogP contribution in [0.25, 0.3) is 11.1 Å². The van der Waals surface area contributed by atoms with Gasteiger partial charge in [0, 0.05) is 17.8 Å². The van der Waals surface area contributed by atoms with Gasteiger partial charge in [0.1, 0.15) is 0 Å². The average Bonchev–Trinajstić information content (AvgIpc) is 3.58. The van der Waals surface area contributed by atoms with E-state index in [1.165, 1.54) is 0 Å². The van der Waals surface area contributed by atoms with E-state index in [1.54, 1.807) is 0 Å². The van der Waals surface area contributed by atoms with Gasteiger partial charge in [-0.3, -0.25) is 9.59 Å². The molecule has 192 valence electrons. The van der Waals surface area contributed by atoms with Gasteiger partial charge in [-0.25, -0.2) is 0 Å². The molecule has 3 aromatic rings. The Balaban J connectivity index is 1.28. The molecule has 3 aromatic carbocycles. The third-order valence-corrected chi connectivity index (χ3v) is 7.22. The van der Waals surface area contributed by atoms with E-state index in [1.807, 2.05) is 81.7 Å². The second-order valence-corrected chi connectivity index (χ2v) is 10.1. The molecule has 1 heterocycles. The minimum atomic E-state index is -0.537. The Bertz CT molecular complexity index is 1310. The van der Waals surface area contributed by atoms with Crippen LogP contribution in [-0.4, -0.2) is 50.7 Å². The second kappa shape index (κ2) is 10.3. The molecular weight excluding hydrogens is 466 g/mol. The number of hydrogen-bond acceptors (Lipinski definition) is 5. The summed E-state index contributed by atoms with van der Waals surface area (Å²) in [5.41, 5.74) is 4.84. The Morgan fingerprint density at radius 2 is 1.73 bits per heavy atom. The van der Waals surface area contributed by atoms with E-state index < -0.39 is 5.41 Å². The Morgan fingerprint density at radius 1 is 0.973 bits per heavy atom. The molecule has 1 saturated carbocycles. The highest BCUT2D eigenvalue weighted by molar-refractivity contribution is 6.02. The summed E-state index contributed by atoms with van der Waals surface area (Å²) in [6, 6.07) is 19.3. The van der Waals surface area contributed by atoms with Crippen molar-refractivity contribution < 1.29 is 19.1 Å². The molecule has 37 heavy (non-hydrogen) atoms. The second-order valence-electron chi connectivity index (χ2n) is 10.1. The molecule has 7 heteroatoms. The van der Waals surface area contributed by atoms with Crippen molar-refractivity contribution in [3.63, 3.8) is 0 Å². The lowest BCUT2D eigenvalue weighted by atomic mass is 9.93. The van der Waals surface area contributed by atoms with Crippen LogP contribution in [-0.2, 0) is 10.2 Å². The van der Waals surface area contributed by atoms with E-state index in [9.17, 15) is 9.59 Å². The molecular formula is C30H33N3O4. The molecule has 0 spiro atoms. The number of amides is 2. The molecule has 1 aliphatic carbocycles. The van der Waals surface area contributed by atoms with E-state index in [4.69, 9.17) is 9.47 Å². The lowest BCUT2D eigenvalue weighted by molar-refractivity contribution is -0.118. The number of carbonyl (C=O) groups excluding carboxylic acids is 2. The van der Waals surface area contributed by atoms with Gasteiger partial charge in [-0.2, -0.15) is 0 Å². The number of benzene rings is 3. The van der Waals surface area contributed by atoms with E-state index in [2.05, 4.69) is 15.5 Å². The molecule has 5 rings (SSSR count). The van der Waals surface area contributed by atoms with Crippen molar-refractivity contribution in [3.05, 3.63) is 77.4 Å². The highest BCUT2D eigenvalue weighted by Gasteiger charge is 2.51. The quantitative estimate of drug-likeness (QED) is 0.416. The van der Waals surface area contributed by atoms with Gasteiger partial charge in [-0.05, 0) is 99.4 Å². The molecule has 7 nitrogen and oxygen atoms in total. The van der Waals surface area contributed by atoms with Crippen LogP contribution in [0.2, 0.25) is 0 Å². The SMILES string of the molecule is Cc1c(NC(=O)C2(c3ccc4c(c3)OCO4)CC2)cccc1-c1ccc(C(=O)NCCCN(C)C)cc1. The first-order valence-corrected chi connectivity index (χ1v) is 12.7. The van der Waals surface area contributed by atoms with E-state index in [0.717, 1.165) is 59.5 Å². The van der Waals surface area contributed by atoms with Crippen LogP contribution in [0.1, 0.15) is 40.7 Å². The van der Waals surface area contributed by atoms with Gasteiger partial charge in [-0.1, -0.05) is 30.3 Å². The van der Waals surface area contributed by atoms with Gasteiger partial charge in [0.25, 0.3) is 5.91 Å². The van der Waals surface area contributed by atoms with Gasteiger partial charge < -0.3 is 25.0 Å². The number of carbonyl (C=O) groups is 2. The normalized spacial score (nSPS) is 14.9. The fraction of sp³-hybridized carbons (Fsp3) is 0.333. The first kappa shape index (κ1) is 24.8. The number of nitrogens with zero attached hydrogens (tertiary/aromatic N) is 1. The van der Waals surface area contributed by atoms with Crippen LogP contribution in [0.15, 0.2) is 60.7 Å². The number of hydrogen-bond donors (Lipinski definition) is 2. The molecule has 0 saturated heterocycles. The fourth-order valence-electron chi connectivity index (χ4n) is 4.79. The molecule has 1 aliphatic heterocycles. The summed E-state index contributed by atoms with van der Waals surface area (Å²) in [4.78, 5) is 28.0. The van der Waals surface area contributed by atoms with Crippen LogP contribution in [0, 0.1) is 6.92 Å². The monoisotopic (exact) mass is 499 g/mol. The van der Waals surface area contributed by atoms with Gasteiger partial charge in [-0.15, -0.1) is 0 Å². The molecule has 0 atom stereocenters. The highest BCUT2D eigenvalue weighted by Crippen LogP contribution is 2.51. The topological polar surface area (TPSA) is 79.9 Å². The molecule has 2 aliphatic rings. The predicted octanol–water partition coefficient (Wildman–Crippen LogP) is 4.74. The summed E-state index contributed by atoms with van der Waals surface area (Å²) in [6.07, 6.45) is 2.51. The summed E-state index contributed by atoms with van der Waals surface area (Å²) < 4.78 is 10.9. The van der Waals surface area contributed by atoms with Gasteiger partial charge in [0.2, 0.25) is 12.7 Å². The number of ether oxygens (including phenoxy) is 2. The van der Waals surface area contributed by atoms with Gasteiger partial charge in [0.05, 0.1) is 5.41 Å². The molecule has 0 aromatic heterocycles. The van der Waals surface area contributed by atoms with Crippen molar-refractivity contribution in [1.82, 2.24) is 10.2 Å². The van der Waals surface area contributed by atoms with E-state index >= 15 is 0 Å². The first-order valence-electron chi connectivity index (χ1n) is 12.7. The predicted molar refractivity (Wildman–Crippen MR) is 144 cm³/mol. The Hall–Kier alpha value is -3.84. The maximum absolute atomic E-state index is 13.4. The third kappa shape index (κ3) is 5.18. The molecule has 0 bridgehead atoms. The van der Waals surface area contributed by atoms with Crippen LogP contribution in [0.5, 0.6) is 11.5 Å². The lowest BCUT2D eigenvalue weighted by Gasteiger charge is -2.19. The largest absolute Gasteiger partial charge is 0.454 e. The summed E-state index contributed by atoms with van der Waals surface area (Å²) >= 11 is 0. The summed E-state index contributed by atoms with van der Waals surface area (Å²) in [7, 11) is 4.04. The summed E-state index contributed by atoms with van der Waals surface area (Å²) in [6.45, 7) is 3.80. The minimum absolute atomic E-state index is 0.00657. The zero-order valence-corrected chi connectivity index (χ0v) is 21.6. The van der Waals surface area contributed by atoms with Crippen molar-refractivity contribution in [1.29, 1.82) is 0 Å². The van der Waals surface area contributed by atoms with Crippen LogP contribution in [0.3, 0.4) is 0 Å². The van der Waals surface area contributed by atoms with Crippen molar-refractivity contribution in [2.75, 3.05) is 39.3 Å². The van der Waals surface area contributed by atoms with E-state index in [-0.39, 0.29) is 18.6 Å². The number of nitrogens with one attached hydrogen (secondary N) is 2.